The smallest absolute Gasteiger partial charge is 0.227 e. The highest BCUT2D eigenvalue weighted by Crippen LogP contribution is 2.24. The van der Waals surface area contributed by atoms with E-state index in [1.165, 1.54) is 0 Å². The highest BCUT2D eigenvalue weighted by Gasteiger charge is 2.25. The Morgan fingerprint density at radius 2 is 1.85 bits per heavy atom. The molecular formula is C20H22N6O. The molecule has 1 aliphatic heterocycles. The molecule has 3 aromatic rings. The quantitative estimate of drug-likeness (QED) is 0.745. The van der Waals surface area contributed by atoms with Crippen LogP contribution in [0, 0.1) is 12.8 Å². The van der Waals surface area contributed by atoms with Gasteiger partial charge in [0.05, 0.1) is 11.4 Å². The summed E-state index contributed by atoms with van der Waals surface area (Å²) < 4.78 is 0. The number of hydrogen-bond acceptors (Lipinski definition) is 5. The van der Waals surface area contributed by atoms with Gasteiger partial charge in [0.15, 0.2) is 5.82 Å². The Bertz CT molecular complexity index is 881. The lowest BCUT2D eigenvalue weighted by Crippen LogP contribution is -2.38. The van der Waals surface area contributed by atoms with Crippen LogP contribution in [0.25, 0.3) is 11.3 Å². The Labute approximate surface area is 157 Å². The molecule has 1 aliphatic rings. The van der Waals surface area contributed by atoms with E-state index in [1.54, 1.807) is 6.20 Å². The van der Waals surface area contributed by atoms with Gasteiger partial charge in [0.25, 0.3) is 0 Å². The molecule has 27 heavy (non-hydrogen) atoms. The normalized spacial score (nSPS) is 14.9. The van der Waals surface area contributed by atoms with Gasteiger partial charge in [-0.05, 0) is 55.7 Å². The third kappa shape index (κ3) is 3.97. The monoisotopic (exact) mass is 362 g/mol. The molecule has 1 fully saturated rings. The van der Waals surface area contributed by atoms with Crippen LogP contribution in [0.1, 0.15) is 18.5 Å². The summed E-state index contributed by atoms with van der Waals surface area (Å²) in [5.74, 6) is 0.986. The maximum absolute atomic E-state index is 12.6. The SMILES string of the molecule is Cc1ccc(N2CCC(C(=O)Nc3ccc(-c4ccn[nH]4)cc3)CC2)nn1. The highest BCUT2D eigenvalue weighted by molar-refractivity contribution is 5.93. The number of carbonyl (C=O) groups excluding carboxylic acids is 1. The Morgan fingerprint density at radius 1 is 1.07 bits per heavy atom. The summed E-state index contributed by atoms with van der Waals surface area (Å²) in [5.41, 5.74) is 3.72. The van der Waals surface area contributed by atoms with E-state index in [-0.39, 0.29) is 11.8 Å². The van der Waals surface area contributed by atoms with E-state index >= 15 is 0 Å². The molecule has 3 heterocycles. The number of H-pyrrole nitrogens is 1. The van der Waals surface area contributed by atoms with Crippen molar-refractivity contribution in [2.45, 2.75) is 19.8 Å². The number of hydrogen-bond donors (Lipinski definition) is 2. The molecule has 7 heteroatoms. The Morgan fingerprint density at radius 3 is 2.48 bits per heavy atom. The zero-order chi connectivity index (χ0) is 18.6. The first-order chi connectivity index (χ1) is 13.2. The molecule has 138 valence electrons. The van der Waals surface area contributed by atoms with Gasteiger partial charge in [-0.25, -0.2) is 0 Å². The predicted octanol–water partition coefficient (Wildman–Crippen LogP) is 3.03. The molecule has 1 amide bonds. The van der Waals surface area contributed by atoms with Crippen LogP contribution < -0.4 is 10.2 Å². The third-order valence-corrected chi connectivity index (χ3v) is 4.94. The van der Waals surface area contributed by atoms with E-state index in [0.29, 0.717) is 0 Å². The van der Waals surface area contributed by atoms with Crippen molar-refractivity contribution < 1.29 is 4.79 Å². The number of aromatic nitrogens is 4. The van der Waals surface area contributed by atoms with Crippen LogP contribution in [0.15, 0.2) is 48.7 Å². The number of nitrogens with zero attached hydrogens (tertiary/aromatic N) is 4. The first-order valence-electron chi connectivity index (χ1n) is 9.15. The fourth-order valence-corrected chi connectivity index (χ4v) is 3.33. The number of aryl methyl sites for hydroxylation is 1. The highest BCUT2D eigenvalue weighted by atomic mass is 16.1. The van der Waals surface area contributed by atoms with Crippen molar-refractivity contribution in [3.63, 3.8) is 0 Å². The fourth-order valence-electron chi connectivity index (χ4n) is 3.33. The van der Waals surface area contributed by atoms with Gasteiger partial charge in [-0.1, -0.05) is 12.1 Å². The van der Waals surface area contributed by atoms with Crippen LogP contribution in [0.3, 0.4) is 0 Å². The van der Waals surface area contributed by atoms with Gasteiger partial charge in [0, 0.05) is 30.9 Å². The summed E-state index contributed by atoms with van der Waals surface area (Å²) in [6, 6.07) is 13.7. The molecular weight excluding hydrogens is 340 g/mol. The van der Waals surface area contributed by atoms with Gasteiger partial charge in [-0.3, -0.25) is 9.89 Å². The number of benzene rings is 1. The predicted molar refractivity (Wildman–Crippen MR) is 104 cm³/mol. The van der Waals surface area contributed by atoms with Crippen LogP contribution >= 0.6 is 0 Å². The molecule has 0 aliphatic carbocycles. The van der Waals surface area contributed by atoms with Crippen LogP contribution in [0.4, 0.5) is 11.5 Å². The van der Waals surface area contributed by atoms with E-state index in [9.17, 15) is 4.79 Å². The standard InChI is InChI=1S/C20H22N6O/c1-14-2-7-19(25-23-14)26-12-9-16(10-13-26)20(27)22-17-5-3-15(4-6-17)18-8-11-21-24-18/h2-8,11,16H,9-10,12-13H2,1H3,(H,21,24)(H,22,27). The van der Waals surface area contributed by atoms with Crippen molar-refractivity contribution in [3.8, 4) is 11.3 Å². The lowest BCUT2D eigenvalue weighted by atomic mass is 9.95. The van der Waals surface area contributed by atoms with E-state index < -0.39 is 0 Å². The van der Waals surface area contributed by atoms with Gasteiger partial charge in [-0.2, -0.15) is 10.2 Å². The average Bonchev–Trinajstić information content (AvgIpc) is 3.24. The average molecular weight is 362 g/mol. The van der Waals surface area contributed by atoms with Crippen molar-refractivity contribution in [2.75, 3.05) is 23.3 Å². The van der Waals surface area contributed by atoms with Crippen molar-refractivity contribution in [1.82, 2.24) is 20.4 Å². The van der Waals surface area contributed by atoms with Gasteiger partial charge in [-0.15, -0.1) is 5.10 Å². The summed E-state index contributed by atoms with van der Waals surface area (Å²) in [7, 11) is 0. The molecule has 1 aromatic carbocycles. The Kier molecular flexibility index (Phi) is 4.82. The van der Waals surface area contributed by atoms with Crippen molar-refractivity contribution in [1.29, 1.82) is 0 Å². The van der Waals surface area contributed by atoms with Gasteiger partial charge in [0.1, 0.15) is 0 Å². The topological polar surface area (TPSA) is 86.8 Å². The van der Waals surface area contributed by atoms with E-state index in [1.807, 2.05) is 49.4 Å². The summed E-state index contributed by atoms with van der Waals surface area (Å²) in [5, 5.41) is 18.3. The van der Waals surface area contributed by atoms with Crippen LogP contribution in [0.2, 0.25) is 0 Å². The molecule has 0 bridgehead atoms. The number of anilines is 2. The molecule has 0 unspecified atom stereocenters. The number of rotatable bonds is 4. The molecule has 2 aromatic heterocycles. The second-order valence-electron chi connectivity index (χ2n) is 6.83. The molecule has 0 atom stereocenters. The van der Waals surface area contributed by atoms with Gasteiger partial charge < -0.3 is 10.2 Å². The second-order valence-corrected chi connectivity index (χ2v) is 6.83. The molecule has 7 nitrogen and oxygen atoms in total. The minimum atomic E-state index is 0.0203. The Hall–Kier alpha value is -3.22. The van der Waals surface area contributed by atoms with Crippen LogP contribution in [-0.2, 0) is 4.79 Å². The van der Waals surface area contributed by atoms with Crippen molar-refractivity contribution in [2.24, 2.45) is 5.92 Å². The van der Waals surface area contributed by atoms with Crippen molar-refractivity contribution in [3.05, 3.63) is 54.4 Å². The molecule has 0 spiro atoms. The first kappa shape index (κ1) is 17.2. The number of piperidine rings is 1. The number of amides is 1. The zero-order valence-electron chi connectivity index (χ0n) is 15.2. The van der Waals surface area contributed by atoms with Crippen molar-refractivity contribution >= 4 is 17.4 Å². The largest absolute Gasteiger partial charge is 0.355 e. The molecule has 0 saturated carbocycles. The third-order valence-electron chi connectivity index (χ3n) is 4.94. The van der Waals surface area contributed by atoms with E-state index in [0.717, 1.165) is 54.4 Å². The lowest BCUT2D eigenvalue weighted by molar-refractivity contribution is -0.120. The maximum Gasteiger partial charge on any atom is 0.227 e. The van der Waals surface area contributed by atoms with Crippen LogP contribution in [-0.4, -0.2) is 39.4 Å². The van der Waals surface area contributed by atoms with E-state index in [2.05, 4.69) is 30.6 Å². The fraction of sp³-hybridized carbons (Fsp3) is 0.300. The zero-order valence-corrected chi connectivity index (χ0v) is 15.2. The minimum Gasteiger partial charge on any atom is -0.355 e. The summed E-state index contributed by atoms with van der Waals surface area (Å²) in [6.07, 6.45) is 3.35. The minimum absolute atomic E-state index is 0.0203. The number of carbonyl (C=O) groups is 1. The maximum atomic E-state index is 12.6. The van der Waals surface area contributed by atoms with Crippen LogP contribution in [0.5, 0.6) is 0 Å². The number of aromatic amines is 1. The van der Waals surface area contributed by atoms with E-state index in [4.69, 9.17) is 0 Å². The second kappa shape index (κ2) is 7.57. The summed E-state index contributed by atoms with van der Waals surface area (Å²) >= 11 is 0. The molecule has 1 saturated heterocycles. The van der Waals surface area contributed by atoms with Gasteiger partial charge >= 0.3 is 0 Å². The number of nitrogens with one attached hydrogen (secondary N) is 2. The van der Waals surface area contributed by atoms with Gasteiger partial charge in [0.2, 0.25) is 5.91 Å². The molecule has 2 N–H and O–H groups in total. The summed E-state index contributed by atoms with van der Waals surface area (Å²) in [6.45, 7) is 3.55. The molecule has 0 radical (unpaired) electrons. The summed E-state index contributed by atoms with van der Waals surface area (Å²) in [4.78, 5) is 14.8. The lowest BCUT2D eigenvalue weighted by Gasteiger charge is -2.31. The molecule has 4 rings (SSSR count). The first-order valence-corrected chi connectivity index (χ1v) is 9.15. The Balaban J connectivity index is 1.32.